The maximum Gasteiger partial charge on any atom is 0.0488 e. The number of fused-ring (bicyclic) bond motifs is 2. The van der Waals surface area contributed by atoms with Gasteiger partial charge in [-0.3, -0.25) is 0 Å². The lowest BCUT2D eigenvalue weighted by Crippen LogP contribution is -2.25. The topological polar surface area (TPSA) is 38.0 Å². The summed E-state index contributed by atoms with van der Waals surface area (Å²) in [4.78, 5) is 0. The summed E-state index contributed by atoms with van der Waals surface area (Å²) < 4.78 is 1.08. The lowest BCUT2D eigenvalue weighted by atomic mass is 9.95. The van der Waals surface area contributed by atoms with Crippen molar-refractivity contribution in [2.24, 2.45) is 11.8 Å². The second kappa shape index (κ2) is 3.95. The Kier molecular flexibility index (Phi) is 2.58. The van der Waals surface area contributed by atoms with Crippen molar-refractivity contribution in [1.29, 1.82) is 0 Å². The summed E-state index contributed by atoms with van der Waals surface area (Å²) in [6.45, 7) is 0. The number of nitrogens with one attached hydrogen (secondary N) is 1. The van der Waals surface area contributed by atoms with Gasteiger partial charge in [-0.15, -0.1) is 0 Å². The second-order valence-corrected chi connectivity index (χ2v) is 6.02. The van der Waals surface area contributed by atoms with Crippen LogP contribution < -0.4 is 11.1 Å². The van der Waals surface area contributed by atoms with Gasteiger partial charge in [-0.25, -0.2) is 0 Å². The number of hydrogen-bond donors (Lipinski definition) is 2. The second-order valence-electron chi connectivity index (χ2n) is 5.16. The minimum absolute atomic E-state index is 0.679. The fraction of sp³-hybridized carbons (Fsp3) is 0.538. The molecular formula is C13H17BrN2. The van der Waals surface area contributed by atoms with Crippen LogP contribution >= 0.6 is 15.9 Å². The van der Waals surface area contributed by atoms with Gasteiger partial charge < -0.3 is 11.1 Å². The maximum atomic E-state index is 5.74. The van der Waals surface area contributed by atoms with Crippen LogP contribution in [0.15, 0.2) is 22.7 Å². The lowest BCUT2D eigenvalue weighted by Gasteiger charge is -2.24. The first-order valence-corrected chi connectivity index (χ1v) is 6.83. The largest absolute Gasteiger partial charge is 0.399 e. The van der Waals surface area contributed by atoms with E-state index in [1.54, 1.807) is 0 Å². The zero-order chi connectivity index (χ0) is 11.1. The molecule has 0 radical (unpaired) electrons. The normalized spacial score (nSPS) is 31.9. The molecule has 2 aliphatic rings. The molecule has 1 aromatic rings. The van der Waals surface area contributed by atoms with Gasteiger partial charge in [0.2, 0.25) is 0 Å². The highest BCUT2D eigenvalue weighted by Crippen LogP contribution is 2.46. The van der Waals surface area contributed by atoms with Gasteiger partial charge >= 0.3 is 0 Å². The molecule has 3 heteroatoms. The van der Waals surface area contributed by atoms with Gasteiger partial charge in [-0.05, 0) is 65.2 Å². The van der Waals surface area contributed by atoms with Crippen LogP contribution in [0.3, 0.4) is 0 Å². The van der Waals surface area contributed by atoms with Crippen molar-refractivity contribution in [2.45, 2.75) is 31.7 Å². The molecule has 86 valence electrons. The molecular weight excluding hydrogens is 264 g/mol. The Labute approximate surface area is 105 Å². The van der Waals surface area contributed by atoms with Crippen LogP contribution in [0.1, 0.15) is 25.7 Å². The predicted octanol–water partition coefficient (Wildman–Crippen LogP) is 3.63. The van der Waals surface area contributed by atoms with E-state index in [4.69, 9.17) is 5.73 Å². The van der Waals surface area contributed by atoms with Gasteiger partial charge in [0.25, 0.3) is 0 Å². The third-order valence-corrected chi connectivity index (χ3v) is 4.73. The quantitative estimate of drug-likeness (QED) is 0.812. The van der Waals surface area contributed by atoms with E-state index in [2.05, 4.69) is 27.3 Å². The number of nitrogens with two attached hydrogens (primary N) is 1. The SMILES string of the molecule is Nc1ccc(NC2CC3CCC2C3)c(Br)c1. The Morgan fingerprint density at radius 1 is 1.25 bits per heavy atom. The molecule has 0 heterocycles. The molecule has 3 N–H and O–H groups in total. The van der Waals surface area contributed by atoms with Gasteiger partial charge in [-0.1, -0.05) is 6.42 Å². The molecule has 0 aliphatic heterocycles. The fourth-order valence-electron chi connectivity index (χ4n) is 3.27. The number of nitrogen functional groups attached to an aromatic ring is 1. The lowest BCUT2D eigenvalue weighted by molar-refractivity contribution is 0.439. The third kappa shape index (κ3) is 1.81. The van der Waals surface area contributed by atoms with Crippen LogP contribution in [0.5, 0.6) is 0 Å². The Bertz CT molecular complexity index is 405. The molecule has 0 aromatic heterocycles. The minimum Gasteiger partial charge on any atom is -0.399 e. The van der Waals surface area contributed by atoms with E-state index in [1.807, 2.05) is 12.1 Å². The van der Waals surface area contributed by atoms with Crippen molar-refractivity contribution in [3.05, 3.63) is 22.7 Å². The third-order valence-electron chi connectivity index (χ3n) is 4.07. The molecule has 0 spiro atoms. The minimum atomic E-state index is 0.679. The summed E-state index contributed by atoms with van der Waals surface area (Å²) in [6.07, 6.45) is 5.65. The fourth-order valence-corrected chi connectivity index (χ4v) is 3.78. The Morgan fingerprint density at radius 3 is 2.75 bits per heavy atom. The molecule has 3 unspecified atom stereocenters. The molecule has 2 saturated carbocycles. The molecule has 2 aliphatic carbocycles. The average Bonchev–Trinajstić information content (AvgIpc) is 2.84. The molecule has 16 heavy (non-hydrogen) atoms. The standard InChI is InChI=1S/C13H17BrN2/c14-11-7-10(15)3-4-12(11)16-13-6-8-1-2-9(13)5-8/h3-4,7-9,13,16H,1-2,5-6,15H2. The van der Waals surface area contributed by atoms with E-state index in [0.717, 1.165) is 22.0 Å². The van der Waals surface area contributed by atoms with Crippen LogP contribution in [0, 0.1) is 11.8 Å². The monoisotopic (exact) mass is 280 g/mol. The van der Waals surface area contributed by atoms with Crippen molar-refractivity contribution in [2.75, 3.05) is 11.1 Å². The van der Waals surface area contributed by atoms with Gasteiger partial charge in [0, 0.05) is 21.9 Å². The van der Waals surface area contributed by atoms with Gasteiger partial charge in [0.1, 0.15) is 0 Å². The van der Waals surface area contributed by atoms with E-state index in [9.17, 15) is 0 Å². The van der Waals surface area contributed by atoms with Gasteiger partial charge in [0.15, 0.2) is 0 Å². The molecule has 1 aromatic carbocycles. The molecule has 3 rings (SSSR count). The first kappa shape index (κ1) is 10.5. The smallest absolute Gasteiger partial charge is 0.0488 e. The zero-order valence-corrected chi connectivity index (χ0v) is 10.8. The van der Waals surface area contributed by atoms with Crippen molar-refractivity contribution < 1.29 is 0 Å². The summed E-state index contributed by atoms with van der Waals surface area (Å²) in [5.41, 5.74) is 7.74. The zero-order valence-electron chi connectivity index (χ0n) is 9.25. The Balaban J connectivity index is 1.74. The van der Waals surface area contributed by atoms with E-state index >= 15 is 0 Å². The number of hydrogen-bond acceptors (Lipinski definition) is 2. The first-order chi connectivity index (χ1) is 7.72. The summed E-state index contributed by atoms with van der Waals surface area (Å²) in [5, 5.41) is 3.67. The Morgan fingerprint density at radius 2 is 2.12 bits per heavy atom. The van der Waals surface area contributed by atoms with Crippen molar-refractivity contribution >= 4 is 27.3 Å². The number of halogens is 1. The molecule has 3 atom stereocenters. The van der Waals surface area contributed by atoms with Gasteiger partial charge in [-0.2, -0.15) is 0 Å². The molecule has 2 nitrogen and oxygen atoms in total. The van der Waals surface area contributed by atoms with E-state index in [-0.39, 0.29) is 0 Å². The van der Waals surface area contributed by atoms with Gasteiger partial charge in [0.05, 0.1) is 0 Å². The first-order valence-electron chi connectivity index (χ1n) is 6.04. The van der Waals surface area contributed by atoms with Crippen molar-refractivity contribution in [3.63, 3.8) is 0 Å². The van der Waals surface area contributed by atoms with E-state index < -0.39 is 0 Å². The van der Waals surface area contributed by atoms with Crippen LogP contribution in [-0.4, -0.2) is 6.04 Å². The predicted molar refractivity (Wildman–Crippen MR) is 71.4 cm³/mol. The van der Waals surface area contributed by atoms with Crippen LogP contribution in [0.4, 0.5) is 11.4 Å². The average molecular weight is 281 g/mol. The highest BCUT2D eigenvalue weighted by Gasteiger charge is 2.39. The van der Waals surface area contributed by atoms with E-state index in [1.165, 1.54) is 31.4 Å². The molecule has 2 fully saturated rings. The summed E-state index contributed by atoms with van der Waals surface area (Å²) in [6, 6.07) is 6.68. The summed E-state index contributed by atoms with van der Waals surface area (Å²) in [5.74, 6) is 1.88. The van der Waals surface area contributed by atoms with Crippen molar-refractivity contribution in [3.8, 4) is 0 Å². The molecule has 0 saturated heterocycles. The Hall–Kier alpha value is -0.700. The number of rotatable bonds is 2. The number of benzene rings is 1. The highest BCUT2D eigenvalue weighted by molar-refractivity contribution is 9.10. The molecule has 2 bridgehead atoms. The number of anilines is 2. The van der Waals surface area contributed by atoms with Crippen LogP contribution in [-0.2, 0) is 0 Å². The summed E-state index contributed by atoms with van der Waals surface area (Å²) >= 11 is 3.56. The van der Waals surface area contributed by atoms with Crippen LogP contribution in [0.25, 0.3) is 0 Å². The maximum absolute atomic E-state index is 5.74. The summed E-state index contributed by atoms with van der Waals surface area (Å²) in [7, 11) is 0. The van der Waals surface area contributed by atoms with E-state index in [0.29, 0.717) is 6.04 Å². The highest BCUT2D eigenvalue weighted by atomic mass is 79.9. The molecule has 0 amide bonds. The van der Waals surface area contributed by atoms with Crippen molar-refractivity contribution in [1.82, 2.24) is 0 Å². The van der Waals surface area contributed by atoms with Crippen LogP contribution in [0.2, 0.25) is 0 Å².